The molecule has 1 aliphatic carbocycles. The molecule has 18 heavy (non-hydrogen) atoms. The molecule has 0 radical (unpaired) electrons. The second-order valence-corrected chi connectivity index (χ2v) is 4.41. The van der Waals surface area contributed by atoms with E-state index in [0.29, 0.717) is 11.9 Å². The van der Waals surface area contributed by atoms with Crippen molar-refractivity contribution >= 4 is 17.6 Å². The normalized spacial score (nSPS) is 15.8. The highest BCUT2D eigenvalue weighted by Gasteiger charge is 2.26. The molecular weight excluding hydrogens is 232 g/mol. The minimum absolute atomic E-state index is 0.0985. The zero-order chi connectivity index (χ0) is 13.1. The quantitative estimate of drug-likeness (QED) is 0.696. The molecule has 0 aliphatic heterocycles. The number of pyridine rings is 1. The van der Waals surface area contributed by atoms with Crippen molar-refractivity contribution < 1.29 is 9.59 Å². The SMILES string of the molecule is CC(Nc1ncccc1C(N)=O)C(=O)NC1CC1. The smallest absolute Gasteiger partial charge is 0.252 e. The van der Waals surface area contributed by atoms with Gasteiger partial charge in [-0.15, -0.1) is 0 Å². The van der Waals surface area contributed by atoms with Crippen molar-refractivity contribution in [2.45, 2.75) is 31.8 Å². The minimum atomic E-state index is -0.569. The molecule has 1 aliphatic rings. The van der Waals surface area contributed by atoms with E-state index in [1.54, 1.807) is 25.3 Å². The van der Waals surface area contributed by atoms with Crippen LogP contribution in [0.1, 0.15) is 30.1 Å². The lowest BCUT2D eigenvalue weighted by Crippen LogP contribution is -2.39. The molecule has 2 amide bonds. The number of primary amides is 1. The van der Waals surface area contributed by atoms with Gasteiger partial charge < -0.3 is 16.4 Å². The summed E-state index contributed by atoms with van der Waals surface area (Å²) in [5, 5.41) is 5.78. The maximum atomic E-state index is 11.8. The third kappa shape index (κ3) is 2.97. The standard InChI is InChI=1S/C12H16N4O2/c1-7(12(18)16-8-4-5-8)15-11-9(10(13)17)3-2-6-14-11/h2-3,6-8H,4-5H2,1H3,(H2,13,17)(H,14,15)(H,16,18). The molecule has 1 fully saturated rings. The number of amides is 2. The van der Waals surface area contributed by atoms with Crippen molar-refractivity contribution in [3.05, 3.63) is 23.9 Å². The fraction of sp³-hybridized carbons (Fsp3) is 0.417. The van der Waals surface area contributed by atoms with E-state index >= 15 is 0 Å². The Bertz CT molecular complexity index is 471. The topological polar surface area (TPSA) is 97.1 Å². The van der Waals surface area contributed by atoms with Gasteiger partial charge in [-0.1, -0.05) is 0 Å². The molecule has 0 saturated heterocycles. The number of nitrogens with one attached hydrogen (secondary N) is 2. The first kappa shape index (κ1) is 12.3. The predicted octanol–water partition coefficient (Wildman–Crippen LogP) is 0.259. The summed E-state index contributed by atoms with van der Waals surface area (Å²) in [6, 6.07) is 3.04. The summed E-state index contributed by atoms with van der Waals surface area (Å²) >= 11 is 0. The van der Waals surface area contributed by atoms with Gasteiger partial charge in [0.1, 0.15) is 11.9 Å². The number of carbonyl (C=O) groups is 2. The van der Waals surface area contributed by atoms with Crippen LogP contribution in [0.4, 0.5) is 5.82 Å². The molecule has 1 atom stereocenters. The molecule has 2 rings (SSSR count). The predicted molar refractivity (Wildman–Crippen MR) is 67.0 cm³/mol. The van der Waals surface area contributed by atoms with E-state index in [9.17, 15) is 9.59 Å². The van der Waals surface area contributed by atoms with Crippen LogP contribution in [0.2, 0.25) is 0 Å². The lowest BCUT2D eigenvalue weighted by molar-refractivity contribution is -0.121. The van der Waals surface area contributed by atoms with Gasteiger partial charge >= 0.3 is 0 Å². The van der Waals surface area contributed by atoms with E-state index < -0.39 is 11.9 Å². The highest BCUT2D eigenvalue weighted by Crippen LogP contribution is 2.19. The Labute approximate surface area is 105 Å². The summed E-state index contributed by atoms with van der Waals surface area (Å²) in [6.07, 6.45) is 3.61. The third-order valence-electron chi connectivity index (χ3n) is 2.74. The summed E-state index contributed by atoms with van der Waals surface area (Å²) in [5.74, 6) is -0.331. The van der Waals surface area contributed by atoms with Crippen LogP contribution in [0, 0.1) is 0 Å². The first-order valence-electron chi connectivity index (χ1n) is 5.89. The van der Waals surface area contributed by atoms with Gasteiger partial charge in [-0.3, -0.25) is 9.59 Å². The van der Waals surface area contributed by atoms with Gasteiger partial charge in [0.25, 0.3) is 5.91 Å². The second kappa shape index (κ2) is 5.03. The molecule has 1 saturated carbocycles. The van der Waals surface area contributed by atoms with Crippen LogP contribution in [0.5, 0.6) is 0 Å². The van der Waals surface area contributed by atoms with Gasteiger partial charge in [0.2, 0.25) is 5.91 Å². The average molecular weight is 248 g/mol. The van der Waals surface area contributed by atoms with E-state index in [1.165, 1.54) is 0 Å². The maximum absolute atomic E-state index is 11.8. The lowest BCUT2D eigenvalue weighted by Gasteiger charge is -2.15. The molecule has 96 valence electrons. The molecule has 1 aromatic rings. The fourth-order valence-electron chi connectivity index (χ4n) is 1.54. The Balaban J connectivity index is 2.03. The van der Waals surface area contributed by atoms with Crippen molar-refractivity contribution in [1.29, 1.82) is 0 Å². The number of nitrogens with two attached hydrogens (primary N) is 1. The number of aromatic nitrogens is 1. The van der Waals surface area contributed by atoms with Crippen molar-refractivity contribution in [3.8, 4) is 0 Å². The number of hydrogen-bond donors (Lipinski definition) is 3. The molecule has 0 spiro atoms. The van der Waals surface area contributed by atoms with Gasteiger partial charge in [0, 0.05) is 12.2 Å². The van der Waals surface area contributed by atoms with E-state index in [0.717, 1.165) is 12.8 Å². The number of carbonyl (C=O) groups excluding carboxylic acids is 2. The summed E-state index contributed by atoms with van der Waals surface area (Å²) in [6.45, 7) is 1.72. The molecule has 4 N–H and O–H groups in total. The number of rotatable bonds is 5. The van der Waals surface area contributed by atoms with Crippen molar-refractivity contribution in [3.63, 3.8) is 0 Å². The highest BCUT2D eigenvalue weighted by molar-refractivity contribution is 5.98. The monoisotopic (exact) mass is 248 g/mol. The molecular formula is C12H16N4O2. The van der Waals surface area contributed by atoms with Crippen LogP contribution < -0.4 is 16.4 Å². The van der Waals surface area contributed by atoms with Gasteiger partial charge in [0.15, 0.2) is 0 Å². The first-order chi connectivity index (χ1) is 8.58. The molecule has 1 aromatic heterocycles. The van der Waals surface area contributed by atoms with Gasteiger partial charge in [-0.25, -0.2) is 4.98 Å². The number of nitrogens with zero attached hydrogens (tertiary/aromatic N) is 1. The fourth-order valence-corrected chi connectivity index (χ4v) is 1.54. The van der Waals surface area contributed by atoms with Crippen molar-refractivity contribution in [2.24, 2.45) is 5.73 Å². The van der Waals surface area contributed by atoms with Gasteiger partial charge in [0.05, 0.1) is 5.56 Å². The van der Waals surface area contributed by atoms with Crippen molar-refractivity contribution in [2.75, 3.05) is 5.32 Å². The molecule has 1 unspecified atom stereocenters. The van der Waals surface area contributed by atoms with E-state index in [-0.39, 0.29) is 11.5 Å². The van der Waals surface area contributed by atoms with Gasteiger partial charge in [-0.05, 0) is 31.9 Å². The maximum Gasteiger partial charge on any atom is 0.252 e. The highest BCUT2D eigenvalue weighted by atomic mass is 16.2. The van der Waals surface area contributed by atoms with E-state index in [4.69, 9.17) is 5.73 Å². The Morgan fingerprint density at radius 2 is 2.22 bits per heavy atom. The Kier molecular flexibility index (Phi) is 3.45. The molecule has 0 aromatic carbocycles. The van der Waals surface area contributed by atoms with Crippen LogP contribution in [0.3, 0.4) is 0 Å². The van der Waals surface area contributed by atoms with Crippen LogP contribution in [-0.4, -0.2) is 28.9 Å². The average Bonchev–Trinajstić information content (AvgIpc) is 3.13. The summed E-state index contributed by atoms with van der Waals surface area (Å²) in [7, 11) is 0. The first-order valence-corrected chi connectivity index (χ1v) is 5.89. The summed E-state index contributed by atoms with van der Waals surface area (Å²) in [4.78, 5) is 27.0. The van der Waals surface area contributed by atoms with E-state index in [1.807, 2.05) is 0 Å². The van der Waals surface area contributed by atoms with Crippen LogP contribution in [0.25, 0.3) is 0 Å². The zero-order valence-corrected chi connectivity index (χ0v) is 10.1. The zero-order valence-electron chi connectivity index (χ0n) is 10.1. The van der Waals surface area contributed by atoms with Crippen LogP contribution >= 0.6 is 0 Å². The summed E-state index contributed by atoms with van der Waals surface area (Å²) in [5.41, 5.74) is 5.52. The third-order valence-corrected chi connectivity index (χ3v) is 2.74. The van der Waals surface area contributed by atoms with E-state index in [2.05, 4.69) is 15.6 Å². The number of hydrogen-bond acceptors (Lipinski definition) is 4. The molecule has 0 bridgehead atoms. The summed E-state index contributed by atoms with van der Waals surface area (Å²) < 4.78 is 0. The Morgan fingerprint density at radius 3 is 2.83 bits per heavy atom. The van der Waals surface area contributed by atoms with Crippen molar-refractivity contribution in [1.82, 2.24) is 10.3 Å². The minimum Gasteiger partial charge on any atom is -0.365 e. The van der Waals surface area contributed by atoms with Crippen LogP contribution in [-0.2, 0) is 4.79 Å². The number of anilines is 1. The molecule has 6 nitrogen and oxygen atoms in total. The second-order valence-electron chi connectivity index (χ2n) is 4.41. The van der Waals surface area contributed by atoms with Gasteiger partial charge in [-0.2, -0.15) is 0 Å². The largest absolute Gasteiger partial charge is 0.365 e. The lowest BCUT2D eigenvalue weighted by atomic mass is 10.2. The van der Waals surface area contributed by atoms with Crippen LogP contribution in [0.15, 0.2) is 18.3 Å². The Morgan fingerprint density at radius 1 is 1.50 bits per heavy atom. The molecule has 6 heteroatoms. The molecule has 1 heterocycles. The Hall–Kier alpha value is -2.11.